The predicted octanol–water partition coefficient (Wildman–Crippen LogP) is 7.25. The van der Waals surface area contributed by atoms with Gasteiger partial charge in [-0.1, -0.05) is 65.7 Å². The van der Waals surface area contributed by atoms with Crippen LogP contribution in [0.25, 0.3) is 11.3 Å². The Morgan fingerprint density at radius 1 is 0.836 bits per heavy atom. The van der Waals surface area contributed by atoms with Gasteiger partial charge in [0, 0.05) is 55.3 Å². The number of hydrogen-bond donors (Lipinski definition) is 2. The Morgan fingerprint density at radius 3 is 2.28 bits per heavy atom. The molecule has 8 rings (SSSR count). The number of aliphatic hydroxyl groups is 1. The van der Waals surface area contributed by atoms with Gasteiger partial charge in [0.05, 0.1) is 43.5 Å². The lowest BCUT2D eigenvalue weighted by atomic mass is 9.83. The average Bonchev–Trinajstić information content (AvgIpc) is 4.10. The van der Waals surface area contributed by atoms with Crippen LogP contribution in [0.4, 0.5) is 0 Å². The third-order valence-corrected chi connectivity index (χ3v) is 14.4. The maximum atomic E-state index is 15.1. The molecule has 2 N–H and O–H groups in total. The highest BCUT2D eigenvalue weighted by Crippen LogP contribution is 2.41. The Labute approximate surface area is 402 Å². The first kappa shape index (κ1) is 47.8. The number of ether oxygens (including phenoxy) is 1. The molecule has 2 fully saturated rings. The van der Waals surface area contributed by atoms with E-state index in [2.05, 4.69) is 20.9 Å². The van der Waals surface area contributed by atoms with Crippen LogP contribution in [-0.4, -0.2) is 116 Å². The number of carbonyl (C=O) groups excluding carboxylic acids is 4. The monoisotopic (exact) mass is 947 g/mol. The van der Waals surface area contributed by atoms with E-state index in [1.54, 1.807) is 56.3 Å². The quantitative estimate of drug-likeness (QED) is 0.141. The number of nitrogens with one attached hydrogen (secondary N) is 1. The standard InChI is InChI=1S/C52H59Cl2N7O6/c1-33-50(64)56-45(32-62)52(66)58(3)40(25-34-11-17-38(53)18-12-34)30-57(2)51(65)44(43-22-16-35-9-5-6-10-42(35)43)27-49(63)61(33)29-37-13-19-39(54)26-47(37)67-41-20-14-36(15-21-41)46-28-55-48(59(46)4)31-60-23-7-8-24-60/h5-6,9-15,17-21,26,28,33,40,43-45,62H,7-8,16,22-25,27,29-32H2,1-4H3,(H,56,64)/t33-,40+,43-,44-,45-/m0/s1. The van der Waals surface area contributed by atoms with Gasteiger partial charge in [0.15, 0.2) is 0 Å². The number of carbonyl (C=O) groups is 4. The second kappa shape index (κ2) is 21.1. The number of likely N-dealkylation sites (N-methyl/N-ethyl adjacent to an activating group) is 2. The minimum absolute atomic E-state index is 0.0916. The molecule has 1 aromatic heterocycles. The lowest BCUT2D eigenvalue weighted by molar-refractivity contribution is -0.148. The van der Waals surface area contributed by atoms with E-state index in [1.165, 1.54) is 22.6 Å². The predicted molar refractivity (Wildman–Crippen MR) is 259 cm³/mol. The zero-order valence-electron chi connectivity index (χ0n) is 38.5. The number of fused-ring (bicyclic) bond motifs is 1. The maximum Gasteiger partial charge on any atom is 0.247 e. The van der Waals surface area contributed by atoms with Crippen molar-refractivity contribution in [1.29, 1.82) is 0 Å². The maximum absolute atomic E-state index is 15.1. The fourth-order valence-electron chi connectivity index (χ4n) is 9.87. The van der Waals surface area contributed by atoms with Crippen molar-refractivity contribution in [3.05, 3.63) is 135 Å². The molecular formula is C52H59Cl2N7O6. The number of aliphatic hydroxyl groups excluding tert-OH is 1. The molecule has 13 nitrogen and oxygen atoms in total. The summed E-state index contributed by atoms with van der Waals surface area (Å²) in [5.41, 5.74) is 5.57. The molecule has 5 atom stereocenters. The molecule has 0 saturated carbocycles. The molecule has 352 valence electrons. The van der Waals surface area contributed by atoms with E-state index in [0.717, 1.165) is 59.8 Å². The second-order valence-electron chi connectivity index (χ2n) is 18.2. The molecule has 1 aliphatic carbocycles. The summed E-state index contributed by atoms with van der Waals surface area (Å²) < 4.78 is 8.62. The van der Waals surface area contributed by atoms with Crippen LogP contribution in [0.15, 0.2) is 97.2 Å². The minimum Gasteiger partial charge on any atom is -0.457 e. The van der Waals surface area contributed by atoms with Gasteiger partial charge in [0.25, 0.3) is 0 Å². The molecule has 67 heavy (non-hydrogen) atoms. The van der Waals surface area contributed by atoms with E-state index in [1.807, 2.05) is 67.8 Å². The minimum atomic E-state index is -1.32. The van der Waals surface area contributed by atoms with Crippen LogP contribution >= 0.6 is 23.2 Å². The summed E-state index contributed by atoms with van der Waals surface area (Å²) in [7, 11) is 5.36. The van der Waals surface area contributed by atoms with Crippen LogP contribution in [0.3, 0.4) is 0 Å². The number of aromatic nitrogens is 2. The topological polar surface area (TPSA) is 141 Å². The molecule has 3 heterocycles. The molecule has 0 radical (unpaired) electrons. The van der Waals surface area contributed by atoms with Gasteiger partial charge in [-0.15, -0.1) is 0 Å². The largest absolute Gasteiger partial charge is 0.457 e. The molecular weight excluding hydrogens is 890 g/mol. The number of aryl methyl sites for hydroxylation is 1. The number of rotatable bonds is 11. The lowest BCUT2D eigenvalue weighted by Gasteiger charge is -2.38. The van der Waals surface area contributed by atoms with Crippen LogP contribution in [0.1, 0.15) is 66.6 Å². The molecule has 5 aromatic rings. The fourth-order valence-corrected chi connectivity index (χ4v) is 10.2. The molecule has 2 saturated heterocycles. The number of amides is 4. The SMILES string of the molecule is C[C@H]1C(=O)N[C@@H](CO)C(=O)N(C)[C@H](Cc2ccc(Cl)cc2)CN(C)C(=O)[C@H]([C@H]2CCc3ccccc32)CC(=O)N1Cc1ccc(Cl)cc1Oc1ccc(-c2cnc(CN3CCCC3)n2C)cc1. The van der Waals surface area contributed by atoms with Crippen LogP contribution in [0, 0.1) is 5.92 Å². The summed E-state index contributed by atoms with van der Waals surface area (Å²) in [6.45, 7) is 3.91. The van der Waals surface area contributed by atoms with Crippen molar-refractivity contribution in [2.24, 2.45) is 13.0 Å². The van der Waals surface area contributed by atoms with Crippen LogP contribution < -0.4 is 10.1 Å². The highest BCUT2D eigenvalue weighted by atomic mass is 35.5. The van der Waals surface area contributed by atoms with Gasteiger partial charge in [0.2, 0.25) is 23.6 Å². The fraction of sp³-hybridized carbons (Fsp3) is 0.404. The van der Waals surface area contributed by atoms with Gasteiger partial charge in [-0.2, -0.15) is 0 Å². The van der Waals surface area contributed by atoms with Crippen molar-refractivity contribution >= 4 is 46.8 Å². The van der Waals surface area contributed by atoms with Crippen molar-refractivity contribution in [3.8, 4) is 22.8 Å². The van der Waals surface area contributed by atoms with Gasteiger partial charge in [-0.25, -0.2) is 4.98 Å². The third kappa shape index (κ3) is 10.9. The van der Waals surface area contributed by atoms with E-state index < -0.39 is 48.4 Å². The Kier molecular flexibility index (Phi) is 15.0. The van der Waals surface area contributed by atoms with Crippen LogP contribution in [0.2, 0.25) is 10.0 Å². The zero-order chi connectivity index (χ0) is 47.4. The summed E-state index contributed by atoms with van der Waals surface area (Å²) in [6, 6.07) is 25.1. The summed E-state index contributed by atoms with van der Waals surface area (Å²) >= 11 is 12.8. The second-order valence-corrected chi connectivity index (χ2v) is 19.1. The summed E-state index contributed by atoms with van der Waals surface area (Å²) in [5.74, 6) is -0.973. The van der Waals surface area contributed by atoms with Crippen molar-refractivity contribution in [3.63, 3.8) is 0 Å². The van der Waals surface area contributed by atoms with Gasteiger partial charge in [-0.3, -0.25) is 24.1 Å². The molecule has 0 bridgehead atoms. The molecule has 4 aromatic carbocycles. The number of nitrogens with zero attached hydrogens (tertiary/aromatic N) is 6. The number of hydrogen-bond acceptors (Lipinski definition) is 8. The number of imidazole rings is 1. The normalized spacial score (nSPS) is 22.3. The van der Waals surface area contributed by atoms with Crippen molar-refractivity contribution in [1.82, 2.24) is 34.5 Å². The van der Waals surface area contributed by atoms with Crippen molar-refractivity contribution in [2.75, 3.05) is 40.3 Å². The lowest BCUT2D eigenvalue weighted by Crippen LogP contribution is -2.58. The van der Waals surface area contributed by atoms with E-state index in [9.17, 15) is 19.5 Å². The van der Waals surface area contributed by atoms with Gasteiger partial charge < -0.3 is 34.4 Å². The Morgan fingerprint density at radius 2 is 1.55 bits per heavy atom. The summed E-state index contributed by atoms with van der Waals surface area (Å²) in [5, 5.41) is 14.3. The first-order chi connectivity index (χ1) is 32.3. The Bertz CT molecular complexity index is 2580. The van der Waals surface area contributed by atoms with E-state index >= 15 is 4.79 Å². The van der Waals surface area contributed by atoms with Gasteiger partial charge in [0.1, 0.15) is 29.4 Å². The highest BCUT2D eigenvalue weighted by molar-refractivity contribution is 6.31. The zero-order valence-corrected chi connectivity index (χ0v) is 40.0. The van der Waals surface area contributed by atoms with Gasteiger partial charge in [-0.05, 0) is 123 Å². The van der Waals surface area contributed by atoms with E-state index in [4.69, 9.17) is 32.9 Å². The van der Waals surface area contributed by atoms with Gasteiger partial charge >= 0.3 is 0 Å². The van der Waals surface area contributed by atoms with E-state index in [-0.39, 0.29) is 31.3 Å². The molecule has 3 aliphatic rings. The summed E-state index contributed by atoms with van der Waals surface area (Å²) in [4.78, 5) is 70.3. The molecule has 2 aliphatic heterocycles. The first-order valence-electron chi connectivity index (χ1n) is 23.1. The molecule has 15 heteroatoms. The highest BCUT2D eigenvalue weighted by Gasteiger charge is 2.41. The number of likely N-dealkylation sites (tertiary alicyclic amines) is 1. The molecule has 4 amide bonds. The third-order valence-electron chi connectivity index (χ3n) is 13.9. The Hall–Kier alpha value is -5.73. The Balaban J connectivity index is 1.10. The molecule has 0 unspecified atom stereocenters. The van der Waals surface area contributed by atoms with Crippen LogP contribution in [0.5, 0.6) is 11.5 Å². The molecule has 0 spiro atoms. The van der Waals surface area contributed by atoms with Crippen molar-refractivity contribution in [2.45, 2.75) is 82.6 Å². The number of benzene rings is 4. The number of halogens is 2. The van der Waals surface area contributed by atoms with Crippen molar-refractivity contribution < 1.29 is 29.0 Å². The van der Waals surface area contributed by atoms with Crippen LogP contribution in [-0.2, 0) is 52.2 Å². The summed E-state index contributed by atoms with van der Waals surface area (Å²) in [6.07, 6.45) is 5.93. The van der Waals surface area contributed by atoms with E-state index in [0.29, 0.717) is 39.9 Å². The first-order valence-corrected chi connectivity index (χ1v) is 23.9. The smallest absolute Gasteiger partial charge is 0.247 e. The average molecular weight is 949 g/mol.